The minimum atomic E-state index is 0.0511. The number of amides is 1. The molecular formula is C21H30N4O2. The number of para-hydroxylation sites is 1. The number of likely N-dealkylation sites (N-methyl/N-ethyl adjacent to an activating group) is 1. The van der Waals surface area contributed by atoms with Crippen molar-refractivity contribution in [2.24, 2.45) is 0 Å². The number of rotatable bonds is 7. The number of hydrogen-bond acceptors (Lipinski definition) is 4. The summed E-state index contributed by atoms with van der Waals surface area (Å²) in [5.74, 6) is 2.08. The van der Waals surface area contributed by atoms with Gasteiger partial charge in [0.25, 0.3) is 5.91 Å². The Kier molecular flexibility index (Phi) is 6.50. The van der Waals surface area contributed by atoms with Crippen LogP contribution in [-0.2, 0) is 6.54 Å². The molecule has 3 rings (SSSR count). The lowest BCUT2D eigenvalue weighted by atomic mass is 9.96. The molecule has 0 saturated carbocycles. The summed E-state index contributed by atoms with van der Waals surface area (Å²) >= 11 is 0. The van der Waals surface area contributed by atoms with Gasteiger partial charge < -0.3 is 19.1 Å². The molecule has 1 aromatic carbocycles. The molecule has 0 aliphatic carbocycles. The van der Waals surface area contributed by atoms with E-state index in [9.17, 15) is 4.79 Å². The molecule has 1 atom stereocenters. The highest BCUT2D eigenvalue weighted by Crippen LogP contribution is 2.28. The van der Waals surface area contributed by atoms with Crippen molar-refractivity contribution in [1.29, 1.82) is 0 Å². The van der Waals surface area contributed by atoms with Crippen LogP contribution in [0, 0.1) is 0 Å². The minimum Gasteiger partial charge on any atom is -0.493 e. The minimum absolute atomic E-state index is 0.0511. The SMILES string of the molecule is CCOc1ccccc1C(=O)N1CCC[C@H](c2nccn2CCN(C)C)C1. The van der Waals surface area contributed by atoms with Gasteiger partial charge in [-0.05, 0) is 46.0 Å². The molecule has 0 bridgehead atoms. The van der Waals surface area contributed by atoms with Crippen LogP contribution in [0.5, 0.6) is 5.75 Å². The fraction of sp³-hybridized carbons (Fsp3) is 0.524. The van der Waals surface area contributed by atoms with E-state index in [2.05, 4.69) is 28.5 Å². The van der Waals surface area contributed by atoms with Crippen molar-refractivity contribution in [3.63, 3.8) is 0 Å². The number of benzene rings is 1. The van der Waals surface area contributed by atoms with Gasteiger partial charge in [0, 0.05) is 44.5 Å². The Morgan fingerprint density at radius 2 is 2.15 bits per heavy atom. The third-order valence-electron chi connectivity index (χ3n) is 5.03. The third kappa shape index (κ3) is 4.69. The number of likely N-dealkylation sites (tertiary alicyclic amines) is 1. The Hall–Kier alpha value is -2.34. The first-order chi connectivity index (χ1) is 13.1. The Morgan fingerprint density at radius 3 is 2.93 bits per heavy atom. The van der Waals surface area contributed by atoms with Crippen LogP contribution in [0.3, 0.4) is 0 Å². The van der Waals surface area contributed by atoms with E-state index in [-0.39, 0.29) is 11.8 Å². The lowest BCUT2D eigenvalue weighted by Gasteiger charge is -2.33. The van der Waals surface area contributed by atoms with Gasteiger partial charge in [0.2, 0.25) is 0 Å². The Labute approximate surface area is 161 Å². The fourth-order valence-electron chi connectivity index (χ4n) is 3.64. The van der Waals surface area contributed by atoms with Gasteiger partial charge in [0.15, 0.2) is 0 Å². The van der Waals surface area contributed by atoms with Gasteiger partial charge in [-0.2, -0.15) is 0 Å². The summed E-state index contributed by atoms with van der Waals surface area (Å²) in [6.07, 6.45) is 5.98. The first-order valence-electron chi connectivity index (χ1n) is 9.77. The van der Waals surface area contributed by atoms with E-state index in [1.807, 2.05) is 48.5 Å². The molecular weight excluding hydrogens is 340 g/mol. The van der Waals surface area contributed by atoms with E-state index in [0.717, 1.165) is 38.3 Å². The zero-order valence-corrected chi connectivity index (χ0v) is 16.6. The van der Waals surface area contributed by atoms with E-state index in [0.29, 0.717) is 24.5 Å². The highest BCUT2D eigenvalue weighted by molar-refractivity contribution is 5.97. The summed E-state index contributed by atoms with van der Waals surface area (Å²) in [5, 5.41) is 0. The second-order valence-electron chi connectivity index (χ2n) is 7.30. The van der Waals surface area contributed by atoms with Crippen LogP contribution >= 0.6 is 0 Å². The molecule has 1 saturated heterocycles. The maximum atomic E-state index is 13.1. The van der Waals surface area contributed by atoms with Gasteiger partial charge in [-0.3, -0.25) is 4.79 Å². The van der Waals surface area contributed by atoms with Crippen LogP contribution < -0.4 is 4.74 Å². The number of nitrogens with zero attached hydrogens (tertiary/aromatic N) is 4. The van der Waals surface area contributed by atoms with E-state index in [1.54, 1.807) is 0 Å². The Balaban J connectivity index is 1.73. The number of ether oxygens (including phenoxy) is 1. The number of hydrogen-bond donors (Lipinski definition) is 0. The molecule has 1 aromatic heterocycles. The molecule has 1 fully saturated rings. The van der Waals surface area contributed by atoms with Crippen molar-refractivity contribution >= 4 is 5.91 Å². The quantitative estimate of drug-likeness (QED) is 0.752. The molecule has 1 aliphatic rings. The average molecular weight is 370 g/mol. The molecule has 146 valence electrons. The van der Waals surface area contributed by atoms with E-state index in [1.165, 1.54) is 0 Å². The summed E-state index contributed by atoms with van der Waals surface area (Å²) in [5.41, 5.74) is 0.649. The summed E-state index contributed by atoms with van der Waals surface area (Å²) in [6, 6.07) is 7.52. The van der Waals surface area contributed by atoms with Crippen molar-refractivity contribution in [3.8, 4) is 5.75 Å². The number of imidazole rings is 1. The molecule has 0 spiro atoms. The molecule has 2 aromatic rings. The fourth-order valence-corrected chi connectivity index (χ4v) is 3.64. The summed E-state index contributed by atoms with van der Waals surface area (Å²) in [6.45, 7) is 5.87. The Morgan fingerprint density at radius 1 is 1.33 bits per heavy atom. The van der Waals surface area contributed by atoms with Crippen LogP contribution in [-0.4, -0.2) is 65.6 Å². The van der Waals surface area contributed by atoms with Crippen molar-refractivity contribution in [1.82, 2.24) is 19.4 Å². The van der Waals surface area contributed by atoms with Gasteiger partial charge in [-0.25, -0.2) is 4.98 Å². The van der Waals surface area contributed by atoms with Gasteiger partial charge >= 0.3 is 0 Å². The van der Waals surface area contributed by atoms with Gasteiger partial charge in [0.05, 0.1) is 12.2 Å². The zero-order chi connectivity index (χ0) is 19.2. The average Bonchev–Trinajstić information content (AvgIpc) is 3.15. The summed E-state index contributed by atoms with van der Waals surface area (Å²) in [4.78, 5) is 21.9. The van der Waals surface area contributed by atoms with Crippen LogP contribution in [0.4, 0.5) is 0 Å². The lowest BCUT2D eigenvalue weighted by Crippen LogP contribution is -2.40. The first kappa shape index (κ1) is 19.4. The molecule has 0 unspecified atom stereocenters. The molecule has 6 heteroatoms. The molecule has 2 heterocycles. The molecule has 0 radical (unpaired) electrons. The lowest BCUT2D eigenvalue weighted by molar-refractivity contribution is 0.0699. The smallest absolute Gasteiger partial charge is 0.257 e. The monoisotopic (exact) mass is 370 g/mol. The second kappa shape index (κ2) is 9.04. The molecule has 1 amide bonds. The first-order valence-corrected chi connectivity index (χ1v) is 9.77. The van der Waals surface area contributed by atoms with Crippen molar-refractivity contribution in [2.75, 3.05) is 40.3 Å². The molecule has 27 heavy (non-hydrogen) atoms. The normalized spacial score (nSPS) is 17.3. The predicted octanol–water partition coefficient (Wildman–Crippen LogP) is 2.86. The van der Waals surface area contributed by atoms with Crippen LogP contribution in [0.15, 0.2) is 36.7 Å². The van der Waals surface area contributed by atoms with Crippen LogP contribution in [0.1, 0.15) is 41.9 Å². The standard InChI is InChI=1S/C21H30N4O2/c1-4-27-19-10-6-5-9-18(19)21(26)25-12-7-8-17(16-25)20-22-11-13-24(20)15-14-23(2)3/h5-6,9-11,13,17H,4,7-8,12,14-16H2,1-3H3/t17-/m0/s1. The molecule has 0 N–H and O–H groups in total. The summed E-state index contributed by atoms with van der Waals surface area (Å²) in [7, 11) is 4.15. The number of carbonyl (C=O) groups excluding carboxylic acids is 1. The van der Waals surface area contributed by atoms with E-state index in [4.69, 9.17) is 4.74 Å². The highest BCUT2D eigenvalue weighted by atomic mass is 16.5. The maximum Gasteiger partial charge on any atom is 0.257 e. The number of aromatic nitrogens is 2. The van der Waals surface area contributed by atoms with Crippen molar-refractivity contribution < 1.29 is 9.53 Å². The summed E-state index contributed by atoms with van der Waals surface area (Å²) < 4.78 is 7.88. The van der Waals surface area contributed by atoms with Crippen LogP contribution in [0.25, 0.3) is 0 Å². The van der Waals surface area contributed by atoms with Crippen LogP contribution in [0.2, 0.25) is 0 Å². The second-order valence-corrected chi connectivity index (χ2v) is 7.30. The van der Waals surface area contributed by atoms with Gasteiger partial charge in [0.1, 0.15) is 11.6 Å². The maximum absolute atomic E-state index is 13.1. The molecule has 6 nitrogen and oxygen atoms in total. The van der Waals surface area contributed by atoms with Crippen molar-refractivity contribution in [2.45, 2.75) is 32.2 Å². The molecule has 1 aliphatic heterocycles. The van der Waals surface area contributed by atoms with Gasteiger partial charge in [-0.1, -0.05) is 12.1 Å². The third-order valence-corrected chi connectivity index (χ3v) is 5.03. The number of carbonyl (C=O) groups is 1. The highest BCUT2D eigenvalue weighted by Gasteiger charge is 2.29. The van der Waals surface area contributed by atoms with Gasteiger partial charge in [-0.15, -0.1) is 0 Å². The number of piperidine rings is 1. The van der Waals surface area contributed by atoms with Crippen molar-refractivity contribution in [3.05, 3.63) is 48.0 Å². The van der Waals surface area contributed by atoms with E-state index >= 15 is 0 Å². The topological polar surface area (TPSA) is 50.6 Å². The van der Waals surface area contributed by atoms with E-state index < -0.39 is 0 Å². The largest absolute Gasteiger partial charge is 0.493 e. The zero-order valence-electron chi connectivity index (χ0n) is 16.6. The Bertz CT molecular complexity index is 756. The predicted molar refractivity (Wildman–Crippen MR) is 106 cm³/mol.